The lowest BCUT2D eigenvalue weighted by molar-refractivity contribution is -0.140. The van der Waals surface area contributed by atoms with E-state index in [-0.39, 0.29) is 30.5 Å². The Bertz CT molecular complexity index is 1410. The van der Waals surface area contributed by atoms with E-state index in [1.54, 1.807) is 42.5 Å². The molecule has 0 bridgehead atoms. The molecule has 0 aliphatic heterocycles. The van der Waals surface area contributed by atoms with Gasteiger partial charge < -0.3 is 10.2 Å². The number of halogens is 2. The van der Waals surface area contributed by atoms with Crippen LogP contribution in [0.3, 0.4) is 0 Å². The highest BCUT2D eigenvalue weighted by atomic mass is 79.9. The molecule has 1 N–H and O–H groups in total. The summed E-state index contributed by atoms with van der Waals surface area (Å²) < 4.78 is 42.2. The molecule has 1 aliphatic carbocycles. The fraction of sp³-hybridized carbons (Fsp3) is 0.333. The number of sulfonamides is 1. The van der Waals surface area contributed by atoms with Crippen LogP contribution in [0.15, 0.2) is 83.3 Å². The molecule has 40 heavy (non-hydrogen) atoms. The lowest BCUT2D eigenvalue weighted by Crippen LogP contribution is -2.54. The number of rotatable bonds is 11. The van der Waals surface area contributed by atoms with Gasteiger partial charge in [-0.2, -0.15) is 0 Å². The van der Waals surface area contributed by atoms with Crippen LogP contribution >= 0.6 is 15.9 Å². The summed E-state index contributed by atoms with van der Waals surface area (Å²) in [6.07, 6.45) is 4.97. The molecule has 212 valence electrons. The van der Waals surface area contributed by atoms with Crippen molar-refractivity contribution in [2.75, 3.05) is 17.1 Å². The van der Waals surface area contributed by atoms with Crippen LogP contribution < -0.4 is 9.62 Å². The standard InChI is InChI=1S/C30H33BrFN3O4S/c1-40(38,39)35(26-17-15-24(31)16-18-26)21-29(36)34(20-23-11-5-8-14-27(23)32)28(19-22-9-3-2-4-10-22)30(37)33-25-12-6-7-13-25/h2-5,8-11,14-18,25,28H,6-7,12-13,19-21H2,1H3,(H,33,37). The molecule has 1 saturated carbocycles. The summed E-state index contributed by atoms with van der Waals surface area (Å²) in [4.78, 5) is 29.1. The minimum absolute atomic E-state index is 0.00599. The Hall–Kier alpha value is -3.24. The molecule has 0 aromatic heterocycles. The highest BCUT2D eigenvalue weighted by Gasteiger charge is 2.34. The maximum atomic E-state index is 14.8. The SMILES string of the molecule is CS(=O)(=O)N(CC(=O)N(Cc1ccccc1F)C(Cc1ccccc1)C(=O)NC1CCCC1)c1ccc(Br)cc1. The van der Waals surface area contributed by atoms with E-state index in [0.717, 1.165) is 46.3 Å². The van der Waals surface area contributed by atoms with Crippen LogP contribution in [0.2, 0.25) is 0 Å². The molecule has 3 aromatic rings. The zero-order valence-corrected chi connectivity index (χ0v) is 24.7. The summed E-state index contributed by atoms with van der Waals surface area (Å²) in [6, 6.07) is 20.9. The Labute approximate surface area is 243 Å². The van der Waals surface area contributed by atoms with Gasteiger partial charge in [-0.25, -0.2) is 12.8 Å². The van der Waals surface area contributed by atoms with Gasteiger partial charge >= 0.3 is 0 Å². The van der Waals surface area contributed by atoms with Gasteiger partial charge in [0.1, 0.15) is 18.4 Å². The molecule has 1 fully saturated rings. The van der Waals surface area contributed by atoms with Gasteiger partial charge in [0.25, 0.3) is 0 Å². The Morgan fingerprint density at radius 3 is 2.23 bits per heavy atom. The number of carbonyl (C=O) groups excluding carboxylic acids is 2. The number of carbonyl (C=O) groups is 2. The van der Waals surface area contributed by atoms with Gasteiger partial charge in [-0.3, -0.25) is 13.9 Å². The fourth-order valence-electron chi connectivity index (χ4n) is 4.95. The van der Waals surface area contributed by atoms with E-state index in [2.05, 4.69) is 21.2 Å². The molecule has 1 aliphatic rings. The Kier molecular flexibility index (Phi) is 9.97. The first-order chi connectivity index (χ1) is 19.1. The Morgan fingerprint density at radius 1 is 0.975 bits per heavy atom. The van der Waals surface area contributed by atoms with Crippen molar-refractivity contribution in [3.05, 3.63) is 100 Å². The third kappa shape index (κ3) is 7.91. The van der Waals surface area contributed by atoms with Crippen molar-refractivity contribution in [3.8, 4) is 0 Å². The van der Waals surface area contributed by atoms with Crippen LogP contribution in [-0.2, 0) is 32.6 Å². The number of benzene rings is 3. The summed E-state index contributed by atoms with van der Waals surface area (Å²) in [6.45, 7) is -0.740. The molecule has 4 rings (SSSR count). The van der Waals surface area contributed by atoms with Gasteiger partial charge in [0.15, 0.2) is 0 Å². The molecule has 1 atom stereocenters. The summed E-state index contributed by atoms with van der Waals surface area (Å²) in [5, 5.41) is 3.09. The fourth-order valence-corrected chi connectivity index (χ4v) is 6.07. The molecule has 0 radical (unpaired) electrons. The first kappa shape index (κ1) is 29.7. The minimum atomic E-state index is -3.87. The van der Waals surface area contributed by atoms with Crippen LogP contribution in [0.25, 0.3) is 0 Å². The van der Waals surface area contributed by atoms with Gasteiger partial charge in [-0.15, -0.1) is 0 Å². The van der Waals surface area contributed by atoms with Gasteiger partial charge in [-0.05, 0) is 48.7 Å². The zero-order valence-electron chi connectivity index (χ0n) is 22.3. The maximum absolute atomic E-state index is 14.8. The molecular formula is C30H33BrFN3O4S. The quantitative estimate of drug-likeness (QED) is 0.321. The van der Waals surface area contributed by atoms with Gasteiger partial charge in [0.05, 0.1) is 11.9 Å². The van der Waals surface area contributed by atoms with E-state index in [0.29, 0.717) is 5.69 Å². The molecule has 10 heteroatoms. The number of nitrogens with zero attached hydrogens (tertiary/aromatic N) is 2. The van der Waals surface area contributed by atoms with Gasteiger partial charge in [0.2, 0.25) is 21.8 Å². The predicted molar refractivity (Wildman–Crippen MR) is 158 cm³/mol. The molecule has 1 unspecified atom stereocenters. The zero-order chi connectivity index (χ0) is 28.7. The van der Waals surface area contributed by atoms with Gasteiger partial charge in [0, 0.05) is 29.0 Å². The van der Waals surface area contributed by atoms with E-state index >= 15 is 0 Å². The molecular weight excluding hydrogens is 597 g/mol. The minimum Gasteiger partial charge on any atom is -0.352 e. The Morgan fingerprint density at radius 2 is 1.60 bits per heavy atom. The number of amides is 2. The summed E-state index contributed by atoms with van der Waals surface area (Å²) in [5.41, 5.74) is 1.37. The average Bonchev–Trinajstić information content (AvgIpc) is 3.44. The summed E-state index contributed by atoms with van der Waals surface area (Å²) >= 11 is 3.34. The first-order valence-electron chi connectivity index (χ1n) is 13.2. The molecule has 0 heterocycles. The van der Waals surface area contributed by atoms with E-state index in [1.807, 2.05) is 30.3 Å². The predicted octanol–water partition coefficient (Wildman–Crippen LogP) is 5.05. The monoisotopic (exact) mass is 629 g/mol. The molecule has 0 saturated heterocycles. The maximum Gasteiger partial charge on any atom is 0.244 e. The smallest absolute Gasteiger partial charge is 0.244 e. The van der Waals surface area contributed by atoms with Crippen molar-refractivity contribution in [2.24, 2.45) is 0 Å². The summed E-state index contributed by atoms with van der Waals surface area (Å²) in [7, 11) is -3.87. The van der Waals surface area contributed by atoms with Crippen LogP contribution in [0, 0.1) is 5.82 Å². The van der Waals surface area contributed by atoms with Crippen LogP contribution in [0.1, 0.15) is 36.8 Å². The normalized spacial score (nSPS) is 14.5. The van der Waals surface area contributed by atoms with Crippen LogP contribution in [-0.4, -0.2) is 50.0 Å². The lowest BCUT2D eigenvalue weighted by atomic mass is 10.0. The van der Waals surface area contributed by atoms with Gasteiger partial charge in [-0.1, -0.05) is 77.3 Å². The highest BCUT2D eigenvalue weighted by Crippen LogP contribution is 2.24. The van der Waals surface area contributed by atoms with Crippen LogP contribution in [0.4, 0.5) is 10.1 Å². The van der Waals surface area contributed by atoms with Crippen molar-refractivity contribution in [1.29, 1.82) is 0 Å². The lowest BCUT2D eigenvalue weighted by Gasteiger charge is -2.34. The van der Waals surface area contributed by atoms with Crippen LogP contribution in [0.5, 0.6) is 0 Å². The molecule has 7 nitrogen and oxygen atoms in total. The number of anilines is 1. The second-order valence-corrected chi connectivity index (χ2v) is 12.9. The largest absolute Gasteiger partial charge is 0.352 e. The number of hydrogen-bond donors (Lipinski definition) is 1. The van der Waals surface area contributed by atoms with Crippen molar-refractivity contribution in [2.45, 2.75) is 50.7 Å². The third-order valence-electron chi connectivity index (χ3n) is 7.06. The van der Waals surface area contributed by atoms with E-state index in [1.165, 1.54) is 11.0 Å². The topological polar surface area (TPSA) is 86.8 Å². The van der Waals surface area contributed by atoms with E-state index in [4.69, 9.17) is 0 Å². The molecule has 0 spiro atoms. The molecule has 2 amide bonds. The third-order valence-corrected chi connectivity index (χ3v) is 8.73. The highest BCUT2D eigenvalue weighted by molar-refractivity contribution is 9.10. The first-order valence-corrected chi connectivity index (χ1v) is 15.9. The summed E-state index contributed by atoms with van der Waals surface area (Å²) in [5.74, 6) is -1.46. The number of nitrogens with one attached hydrogen (secondary N) is 1. The molecule has 3 aromatic carbocycles. The van der Waals surface area contributed by atoms with Crippen molar-refractivity contribution in [1.82, 2.24) is 10.2 Å². The average molecular weight is 631 g/mol. The van der Waals surface area contributed by atoms with E-state index in [9.17, 15) is 22.4 Å². The van der Waals surface area contributed by atoms with Crippen molar-refractivity contribution >= 4 is 43.5 Å². The van der Waals surface area contributed by atoms with Crippen molar-refractivity contribution in [3.63, 3.8) is 0 Å². The van der Waals surface area contributed by atoms with Crippen molar-refractivity contribution < 1.29 is 22.4 Å². The van der Waals surface area contributed by atoms with E-state index < -0.39 is 34.3 Å². The second kappa shape index (κ2) is 13.4. The Balaban J connectivity index is 1.72. The number of hydrogen-bond acceptors (Lipinski definition) is 4. The second-order valence-electron chi connectivity index (χ2n) is 10.1.